The van der Waals surface area contributed by atoms with E-state index in [1.54, 1.807) is 91.9 Å². The number of benzene rings is 5. The third-order valence-corrected chi connectivity index (χ3v) is 7.85. The van der Waals surface area contributed by atoms with Crippen molar-refractivity contribution in [2.24, 2.45) is 5.73 Å². The molecule has 1 atom stereocenters. The van der Waals surface area contributed by atoms with E-state index in [9.17, 15) is 18.8 Å². The highest BCUT2D eigenvalue weighted by molar-refractivity contribution is 6.30. The van der Waals surface area contributed by atoms with E-state index in [0.717, 1.165) is 5.56 Å². The van der Waals surface area contributed by atoms with Crippen molar-refractivity contribution >= 4 is 35.0 Å². The van der Waals surface area contributed by atoms with E-state index in [4.69, 9.17) is 22.1 Å². The molecule has 0 saturated carbocycles. The molecule has 5 aromatic rings. The van der Waals surface area contributed by atoms with E-state index >= 15 is 0 Å². The number of amides is 3. The van der Waals surface area contributed by atoms with Gasteiger partial charge in [-0.25, -0.2) is 4.39 Å². The number of carbonyl (C=O) groups is 3. The van der Waals surface area contributed by atoms with Gasteiger partial charge in [-0.1, -0.05) is 67.1 Å². The molecular weight excluding hydrogens is 631 g/mol. The quantitative estimate of drug-likeness (QED) is 0.110. The fourth-order valence-electron chi connectivity index (χ4n) is 5.07. The van der Waals surface area contributed by atoms with E-state index in [-0.39, 0.29) is 18.0 Å². The summed E-state index contributed by atoms with van der Waals surface area (Å²) in [7, 11) is 0. The molecule has 5 aromatic carbocycles. The van der Waals surface area contributed by atoms with Gasteiger partial charge in [0.25, 0.3) is 11.8 Å². The summed E-state index contributed by atoms with van der Waals surface area (Å²) < 4.78 is 20.4. The number of nitrogens with one attached hydrogen (secondary N) is 3. The van der Waals surface area contributed by atoms with Crippen molar-refractivity contribution in [3.05, 3.63) is 148 Å². The molecule has 0 radical (unpaired) electrons. The lowest BCUT2D eigenvalue weighted by Gasteiger charge is -2.19. The zero-order chi connectivity index (χ0) is 34.0. The number of rotatable bonds is 12. The largest absolute Gasteiger partial charge is 0.457 e. The first-order valence-corrected chi connectivity index (χ1v) is 15.7. The zero-order valence-electron chi connectivity index (χ0n) is 26.1. The maximum Gasteiger partial charge on any atom is 0.258 e. The number of hydrogen-bond donors (Lipinski definition) is 4. The predicted octanol–water partition coefficient (Wildman–Crippen LogP) is 7.47. The molecule has 1 unspecified atom stereocenters. The van der Waals surface area contributed by atoms with Crippen LogP contribution in [0.5, 0.6) is 11.5 Å². The zero-order valence-corrected chi connectivity index (χ0v) is 26.9. The van der Waals surface area contributed by atoms with Crippen LogP contribution in [0.4, 0.5) is 10.1 Å². The Hall–Kier alpha value is -5.35. The summed E-state index contributed by atoms with van der Waals surface area (Å²) in [6.45, 7) is 2.20. The Bertz CT molecular complexity index is 1940. The van der Waals surface area contributed by atoms with Gasteiger partial charge in [-0.05, 0) is 72.6 Å². The first-order valence-electron chi connectivity index (χ1n) is 15.3. The number of carbonyl (C=O) groups excluding carboxylic acids is 3. The van der Waals surface area contributed by atoms with E-state index in [1.165, 1.54) is 12.1 Å². The Morgan fingerprint density at radius 3 is 2.35 bits per heavy atom. The smallest absolute Gasteiger partial charge is 0.258 e. The molecular formula is C38H34ClFN4O4. The summed E-state index contributed by atoms with van der Waals surface area (Å²) in [4.78, 5) is 40.1. The summed E-state index contributed by atoms with van der Waals surface area (Å²) in [6.07, 6.45) is 0.349. The van der Waals surface area contributed by atoms with Crippen LogP contribution in [0.3, 0.4) is 0 Å². The second-order valence-corrected chi connectivity index (χ2v) is 11.4. The molecule has 48 heavy (non-hydrogen) atoms. The minimum absolute atomic E-state index is 0.102. The Balaban J connectivity index is 1.48. The lowest BCUT2D eigenvalue weighted by Crippen LogP contribution is -2.45. The molecule has 10 heteroatoms. The molecule has 3 amide bonds. The van der Waals surface area contributed by atoms with Crippen molar-refractivity contribution in [3.8, 4) is 22.6 Å². The topological polar surface area (TPSA) is 123 Å². The molecule has 0 fully saturated rings. The van der Waals surface area contributed by atoms with E-state index < -0.39 is 23.7 Å². The second kappa shape index (κ2) is 16.0. The maximum atomic E-state index is 14.2. The highest BCUT2D eigenvalue weighted by Gasteiger charge is 2.23. The van der Waals surface area contributed by atoms with Crippen molar-refractivity contribution in [2.75, 3.05) is 5.32 Å². The highest BCUT2D eigenvalue weighted by atomic mass is 35.5. The standard InChI is InChI=1S/C38H34ClFN4O4/c1-2-34(42-23-26-12-6-7-14-33(26)40)38(47)44-37(46)31-18-16-28(43-36(45)25-10-4-3-5-11-25)21-32(31)30-17-15-27(39)20-35(30)48-29-13-8-9-24(19-29)22-41/h3-21,34,42H,2,22-23,41H2,1H3,(H,43,45)(H,44,46,47). The minimum Gasteiger partial charge on any atom is -0.457 e. The monoisotopic (exact) mass is 664 g/mol. The predicted molar refractivity (Wildman–Crippen MR) is 185 cm³/mol. The molecule has 0 bridgehead atoms. The third-order valence-electron chi connectivity index (χ3n) is 7.61. The van der Waals surface area contributed by atoms with Gasteiger partial charge in [-0.2, -0.15) is 0 Å². The molecule has 5 N–H and O–H groups in total. The fourth-order valence-corrected chi connectivity index (χ4v) is 5.23. The Labute approximate surface area is 283 Å². The molecule has 0 saturated heterocycles. The third kappa shape index (κ3) is 8.51. The average molecular weight is 665 g/mol. The molecule has 0 spiro atoms. The number of imide groups is 1. The summed E-state index contributed by atoms with van der Waals surface area (Å²) in [5.41, 5.74) is 8.95. The van der Waals surface area contributed by atoms with E-state index in [0.29, 0.717) is 57.4 Å². The normalized spacial score (nSPS) is 11.4. The van der Waals surface area contributed by atoms with Gasteiger partial charge in [0, 0.05) is 57.7 Å². The summed E-state index contributed by atoms with van der Waals surface area (Å²) in [5, 5.41) is 8.79. The van der Waals surface area contributed by atoms with Gasteiger partial charge in [0.15, 0.2) is 0 Å². The molecule has 244 valence electrons. The van der Waals surface area contributed by atoms with Gasteiger partial charge in [0.2, 0.25) is 5.91 Å². The van der Waals surface area contributed by atoms with Crippen molar-refractivity contribution in [3.63, 3.8) is 0 Å². The lowest BCUT2D eigenvalue weighted by atomic mass is 9.97. The van der Waals surface area contributed by atoms with Crippen molar-refractivity contribution < 1.29 is 23.5 Å². The number of nitrogens with two attached hydrogens (primary N) is 1. The SMILES string of the molecule is CCC(NCc1ccccc1F)C(=O)NC(=O)c1ccc(NC(=O)c2ccccc2)cc1-c1ccc(Cl)cc1Oc1cccc(CN)c1. The van der Waals surface area contributed by atoms with E-state index in [2.05, 4.69) is 16.0 Å². The van der Waals surface area contributed by atoms with Crippen molar-refractivity contribution in [1.29, 1.82) is 0 Å². The van der Waals surface area contributed by atoms with Crippen molar-refractivity contribution in [2.45, 2.75) is 32.5 Å². The van der Waals surface area contributed by atoms with Gasteiger partial charge in [0.05, 0.1) is 6.04 Å². The second-order valence-electron chi connectivity index (χ2n) is 10.9. The van der Waals surface area contributed by atoms with Crippen LogP contribution in [-0.2, 0) is 17.9 Å². The van der Waals surface area contributed by atoms with Gasteiger partial charge in [-0.15, -0.1) is 0 Å². The molecule has 0 heterocycles. The Morgan fingerprint density at radius 1 is 0.833 bits per heavy atom. The first-order chi connectivity index (χ1) is 23.2. The number of hydrogen-bond acceptors (Lipinski definition) is 6. The van der Waals surface area contributed by atoms with Crippen LogP contribution >= 0.6 is 11.6 Å². The van der Waals surface area contributed by atoms with Crippen LogP contribution in [0, 0.1) is 5.82 Å². The van der Waals surface area contributed by atoms with E-state index in [1.807, 2.05) is 18.2 Å². The molecule has 5 rings (SSSR count). The van der Waals surface area contributed by atoms with Gasteiger partial charge in [-0.3, -0.25) is 19.7 Å². The minimum atomic E-state index is -0.773. The lowest BCUT2D eigenvalue weighted by molar-refractivity contribution is -0.122. The van der Waals surface area contributed by atoms with Gasteiger partial charge >= 0.3 is 0 Å². The fraction of sp³-hybridized carbons (Fsp3) is 0.132. The molecule has 0 aliphatic carbocycles. The van der Waals surface area contributed by atoms with Gasteiger partial charge < -0.3 is 21.1 Å². The maximum absolute atomic E-state index is 14.2. The van der Waals surface area contributed by atoms with Crippen LogP contribution in [0.15, 0.2) is 115 Å². The average Bonchev–Trinajstić information content (AvgIpc) is 3.09. The molecule has 0 aliphatic rings. The number of halogens is 2. The number of ether oxygens (including phenoxy) is 1. The first kappa shape index (κ1) is 34.0. The molecule has 0 aromatic heterocycles. The summed E-state index contributed by atoms with van der Waals surface area (Å²) >= 11 is 6.39. The molecule has 8 nitrogen and oxygen atoms in total. The summed E-state index contributed by atoms with van der Waals surface area (Å²) in [6, 6.07) is 31.2. The Kier molecular flexibility index (Phi) is 11.3. The Morgan fingerprint density at radius 2 is 1.60 bits per heavy atom. The highest BCUT2D eigenvalue weighted by Crippen LogP contribution is 2.38. The van der Waals surface area contributed by atoms with Crippen LogP contribution in [-0.4, -0.2) is 23.8 Å². The van der Waals surface area contributed by atoms with Crippen LogP contribution < -0.4 is 26.4 Å². The van der Waals surface area contributed by atoms with Gasteiger partial charge in [0.1, 0.15) is 17.3 Å². The van der Waals surface area contributed by atoms with Crippen molar-refractivity contribution in [1.82, 2.24) is 10.6 Å². The summed E-state index contributed by atoms with van der Waals surface area (Å²) in [5.74, 6) is -1.14. The van der Waals surface area contributed by atoms with Crippen LogP contribution in [0.1, 0.15) is 45.2 Å². The van der Waals surface area contributed by atoms with Crippen LogP contribution in [0.2, 0.25) is 5.02 Å². The number of anilines is 1. The van der Waals surface area contributed by atoms with Crippen LogP contribution in [0.25, 0.3) is 11.1 Å². The molecule has 0 aliphatic heterocycles.